The molecule has 0 saturated carbocycles. The maximum absolute atomic E-state index is 12.3. The van der Waals surface area contributed by atoms with Crippen molar-refractivity contribution >= 4 is 25.0 Å². The molecule has 0 atom stereocenters. The van der Waals surface area contributed by atoms with Gasteiger partial charge in [-0.25, -0.2) is 0 Å². The van der Waals surface area contributed by atoms with Gasteiger partial charge in [0.15, 0.2) is 5.78 Å². The monoisotopic (exact) mass is 338 g/mol. The van der Waals surface area contributed by atoms with Crippen LogP contribution in [0.25, 0.3) is 0 Å². The Morgan fingerprint density at radius 2 is 1.41 bits per heavy atom. The van der Waals surface area contributed by atoms with E-state index in [2.05, 4.69) is 0 Å². The van der Waals surface area contributed by atoms with Gasteiger partial charge < -0.3 is 9.05 Å². The number of benzene rings is 2. The lowest BCUT2D eigenvalue weighted by molar-refractivity contribution is 0.103. The molecular formula is C16H16ClO4P. The first kappa shape index (κ1) is 16.9. The van der Waals surface area contributed by atoms with Crippen molar-refractivity contribution in [3.05, 3.63) is 70.2 Å². The molecule has 0 N–H and O–H groups in total. The van der Waals surface area contributed by atoms with Crippen LogP contribution in [0.5, 0.6) is 0 Å². The van der Waals surface area contributed by atoms with Crippen LogP contribution in [0.4, 0.5) is 0 Å². The molecule has 0 amide bonds. The van der Waals surface area contributed by atoms with Crippen molar-refractivity contribution in [2.24, 2.45) is 0 Å². The predicted octanol–water partition coefficient (Wildman–Crippen LogP) is 4.56. The summed E-state index contributed by atoms with van der Waals surface area (Å²) in [5.41, 5.74) is 1.90. The smallest absolute Gasteiger partial charge is 0.312 e. The summed E-state index contributed by atoms with van der Waals surface area (Å²) in [6.45, 7) is 0. The first-order valence-electron chi connectivity index (χ1n) is 6.57. The van der Waals surface area contributed by atoms with Gasteiger partial charge in [0, 0.05) is 30.4 Å². The van der Waals surface area contributed by atoms with E-state index in [9.17, 15) is 9.36 Å². The Hall–Kier alpha value is -1.45. The highest BCUT2D eigenvalue weighted by atomic mass is 35.5. The fourth-order valence-electron chi connectivity index (χ4n) is 1.96. The first-order valence-corrected chi connectivity index (χ1v) is 8.68. The molecule has 0 aliphatic heterocycles. The van der Waals surface area contributed by atoms with Crippen molar-refractivity contribution in [3.63, 3.8) is 0 Å². The summed E-state index contributed by atoms with van der Waals surface area (Å²) >= 11 is 5.81. The van der Waals surface area contributed by atoms with Gasteiger partial charge in [0.05, 0.1) is 6.16 Å². The van der Waals surface area contributed by atoms with Gasteiger partial charge in [0.1, 0.15) is 0 Å². The number of carbonyl (C=O) groups excluding carboxylic acids is 1. The van der Waals surface area contributed by atoms with E-state index >= 15 is 0 Å². The fourth-order valence-corrected chi connectivity index (χ4v) is 3.15. The van der Waals surface area contributed by atoms with E-state index in [-0.39, 0.29) is 11.9 Å². The highest BCUT2D eigenvalue weighted by Crippen LogP contribution is 2.49. The van der Waals surface area contributed by atoms with Crippen molar-refractivity contribution in [2.45, 2.75) is 6.16 Å². The molecule has 0 heterocycles. The quantitative estimate of drug-likeness (QED) is 0.572. The van der Waals surface area contributed by atoms with E-state index in [1.807, 2.05) is 0 Å². The molecule has 0 fully saturated rings. The molecular weight excluding hydrogens is 323 g/mol. The molecule has 0 saturated heterocycles. The molecule has 0 unspecified atom stereocenters. The van der Waals surface area contributed by atoms with E-state index < -0.39 is 7.60 Å². The second-order valence-electron chi connectivity index (χ2n) is 4.67. The summed E-state index contributed by atoms with van der Waals surface area (Å²) in [6.07, 6.45) is 0.162. The van der Waals surface area contributed by atoms with E-state index in [0.717, 1.165) is 5.56 Å². The van der Waals surface area contributed by atoms with Gasteiger partial charge in [-0.3, -0.25) is 9.36 Å². The summed E-state index contributed by atoms with van der Waals surface area (Å²) in [5, 5.41) is 0.585. The second kappa shape index (κ2) is 7.21. The Bertz CT molecular complexity index is 687. The number of rotatable bonds is 6. The summed E-state index contributed by atoms with van der Waals surface area (Å²) in [5.74, 6) is -0.0927. The standard InChI is InChI=1S/C16H16ClO4P/c1-20-22(19,21-2)11-12-3-5-13(6-4-12)16(18)14-7-9-15(17)10-8-14/h3-10H,11H2,1-2H3. The lowest BCUT2D eigenvalue weighted by Crippen LogP contribution is -2.01. The van der Waals surface area contributed by atoms with Crippen LogP contribution in [0, 0.1) is 0 Å². The van der Waals surface area contributed by atoms with E-state index in [1.165, 1.54) is 14.2 Å². The summed E-state index contributed by atoms with van der Waals surface area (Å²) in [7, 11) is -0.405. The zero-order chi connectivity index (χ0) is 16.2. The Morgan fingerprint density at radius 1 is 0.955 bits per heavy atom. The van der Waals surface area contributed by atoms with Crippen LogP contribution < -0.4 is 0 Å². The van der Waals surface area contributed by atoms with Crippen LogP contribution in [-0.4, -0.2) is 20.0 Å². The van der Waals surface area contributed by atoms with Gasteiger partial charge in [-0.1, -0.05) is 35.9 Å². The molecule has 0 spiro atoms. The molecule has 0 aliphatic carbocycles. The van der Waals surface area contributed by atoms with Gasteiger partial charge in [-0.2, -0.15) is 0 Å². The summed E-state index contributed by atoms with van der Waals surface area (Å²) < 4.78 is 21.9. The van der Waals surface area contributed by atoms with E-state index in [0.29, 0.717) is 16.1 Å². The highest BCUT2D eigenvalue weighted by Gasteiger charge is 2.21. The Balaban J connectivity index is 2.16. The summed E-state index contributed by atoms with van der Waals surface area (Å²) in [6, 6.07) is 13.6. The number of halogens is 1. The minimum Gasteiger partial charge on any atom is -0.312 e. The minimum absolute atomic E-state index is 0.0927. The van der Waals surface area contributed by atoms with Crippen LogP contribution in [0.2, 0.25) is 5.02 Å². The minimum atomic E-state index is -3.11. The molecule has 2 rings (SSSR count). The maximum Gasteiger partial charge on any atom is 0.334 e. The Kier molecular flexibility index (Phi) is 5.54. The third kappa shape index (κ3) is 4.05. The first-order chi connectivity index (χ1) is 10.5. The van der Waals surface area contributed by atoms with Crippen molar-refractivity contribution < 1.29 is 18.4 Å². The van der Waals surface area contributed by atoms with Crippen LogP contribution in [0.1, 0.15) is 21.5 Å². The van der Waals surface area contributed by atoms with Crippen LogP contribution >= 0.6 is 19.2 Å². The summed E-state index contributed by atoms with van der Waals surface area (Å²) in [4.78, 5) is 12.3. The molecule has 116 valence electrons. The third-order valence-corrected chi connectivity index (χ3v) is 5.37. The average molecular weight is 339 g/mol. The van der Waals surface area contributed by atoms with E-state index in [4.69, 9.17) is 20.6 Å². The van der Waals surface area contributed by atoms with Gasteiger partial charge in [-0.05, 0) is 29.8 Å². The lowest BCUT2D eigenvalue weighted by atomic mass is 10.0. The molecule has 4 nitrogen and oxygen atoms in total. The van der Waals surface area contributed by atoms with Crippen molar-refractivity contribution in [3.8, 4) is 0 Å². The number of hydrogen-bond acceptors (Lipinski definition) is 4. The molecule has 0 radical (unpaired) electrons. The van der Waals surface area contributed by atoms with Crippen molar-refractivity contribution in [1.82, 2.24) is 0 Å². The molecule has 0 aromatic heterocycles. The molecule has 6 heteroatoms. The molecule has 0 aliphatic rings. The zero-order valence-electron chi connectivity index (χ0n) is 12.3. The second-order valence-corrected chi connectivity index (χ2v) is 7.37. The molecule has 0 bridgehead atoms. The predicted molar refractivity (Wildman–Crippen MR) is 86.7 cm³/mol. The maximum atomic E-state index is 12.3. The van der Waals surface area contributed by atoms with Crippen LogP contribution in [-0.2, 0) is 19.8 Å². The van der Waals surface area contributed by atoms with Crippen LogP contribution in [0.15, 0.2) is 48.5 Å². The average Bonchev–Trinajstić information content (AvgIpc) is 2.55. The number of ketones is 1. The Morgan fingerprint density at radius 3 is 1.86 bits per heavy atom. The SMILES string of the molecule is COP(=O)(Cc1ccc(C(=O)c2ccc(Cl)cc2)cc1)OC. The third-order valence-electron chi connectivity index (χ3n) is 3.26. The number of carbonyl (C=O) groups is 1. The molecule has 2 aromatic rings. The highest BCUT2D eigenvalue weighted by molar-refractivity contribution is 7.52. The van der Waals surface area contributed by atoms with Gasteiger partial charge in [-0.15, -0.1) is 0 Å². The van der Waals surface area contributed by atoms with E-state index in [1.54, 1.807) is 48.5 Å². The lowest BCUT2D eigenvalue weighted by Gasteiger charge is -2.13. The van der Waals surface area contributed by atoms with Gasteiger partial charge in [0.25, 0.3) is 0 Å². The Labute approximate surface area is 134 Å². The topological polar surface area (TPSA) is 52.6 Å². The van der Waals surface area contributed by atoms with Crippen molar-refractivity contribution in [1.29, 1.82) is 0 Å². The molecule has 2 aromatic carbocycles. The van der Waals surface area contributed by atoms with Crippen molar-refractivity contribution in [2.75, 3.05) is 14.2 Å². The van der Waals surface area contributed by atoms with Gasteiger partial charge >= 0.3 is 7.60 Å². The fraction of sp³-hybridized carbons (Fsp3) is 0.188. The zero-order valence-corrected chi connectivity index (χ0v) is 13.9. The van der Waals surface area contributed by atoms with Crippen LogP contribution in [0.3, 0.4) is 0 Å². The van der Waals surface area contributed by atoms with Gasteiger partial charge in [0.2, 0.25) is 0 Å². The number of hydrogen-bond donors (Lipinski definition) is 0. The molecule has 22 heavy (non-hydrogen) atoms. The largest absolute Gasteiger partial charge is 0.334 e. The normalized spacial score (nSPS) is 11.4.